The summed E-state index contributed by atoms with van der Waals surface area (Å²) in [5, 5.41) is 8.26. The predicted octanol–water partition coefficient (Wildman–Crippen LogP) is 5.94. The number of carbonyl (C=O) groups excluding carboxylic acids is 1. The van der Waals surface area contributed by atoms with Crippen molar-refractivity contribution < 1.29 is 22.4 Å². The Morgan fingerprint density at radius 2 is 1.86 bits per heavy atom. The molecule has 0 amide bonds. The first-order valence-electron chi connectivity index (χ1n) is 14.0. The Morgan fingerprint density at radius 1 is 1.12 bits per heavy atom. The van der Waals surface area contributed by atoms with Crippen LogP contribution in [0.1, 0.15) is 60.9 Å². The number of halogens is 5. The van der Waals surface area contributed by atoms with Crippen LogP contribution in [-0.2, 0) is 6.42 Å². The summed E-state index contributed by atoms with van der Waals surface area (Å²) in [5.74, 6) is -1.62. The van der Waals surface area contributed by atoms with Crippen LogP contribution in [0.15, 0.2) is 36.4 Å². The lowest BCUT2D eigenvalue weighted by atomic mass is 9.95. The number of carbonyl (C=O) groups is 1. The lowest BCUT2D eigenvalue weighted by Gasteiger charge is -2.33. The molecule has 0 spiro atoms. The first-order chi connectivity index (χ1) is 20.4. The number of anilines is 2. The Balaban J connectivity index is 1.35. The molecule has 3 aromatic heterocycles. The van der Waals surface area contributed by atoms with Gasteiger partial charge in [0.15, 0.2) is 11.5 Å². The van der Waals surface area contributed by atoms with Crippen molar-refractivity contribution in [1.82, 2.24) is 29.5 Å². The average molecular weight is 619 g/mol. The van der Waals surface area contributed by atoms with E-state index in [-0.39, 0.29) is 10.9 Å². The maximum atomic E-state index is 13.7. The van der Waals surface area contributed by atoms with Crippen molar-refractivity contribution in [3.05, 3.63) is 64.3 Å². The number of nitrogens with one attached hydrogen (secondary N) is 1. The van der Waals surface area contributed by atoms with E-state index >= 15 is 0 Å². The molecule has 4 aromatic rings. The summed E-state index contributed by atoms with van der Waals surface area (Å²) in [6.45, 7) is 6.69. The Hall–Kier alpha value is -3.84. The number of alkyl halides is 3. The van der Waals surface area contributed by atoms with Crippen LogP contribution in [-0.4, -0.2) is 67.1 Å². The first-order valence-corrected chi connectivity index (χ1v) is 14.4. The van der Waals surface area contributed by atoms with Gasteiger partial charge in [-0.15, -0.1) is 5.10 Å². The fourth-order valence-electron chi connectivity index (χ4n) is 5.17. The molecule has 1 fully saturated rings. The Kier molecular flexibility index (Phi) is 8.84. The first kappa shape index (κ1) is 30.6. The molecule has 1 aromatic carbocycles. The highest BCUT2D eigenvalue weighted by Crippen LogP contribution is 2.31. The van der Waals surface area contributed by atoms with Gasteiger partial charge in [0.1, 0.15) is 11.6 Å². The van der Waals surface area contributed by atoms with E-state index < -0.39 is 29.2 Å². The highest BCUT2D eigenvalue weighted by Gasteiger charge is 2.40. The number of likely N-dealkylation sites (tertiary alicyclic amines) is 1. The number of hydrogen-bond donors (Lipinski definition) is 2. The van der Waals surface area contributed by atoms with Crippen molar-refractivity contribution in [1.29, 1.82) is 0 Å². The van der Waals surface area contributed by atoms with E-state index in [1.807, 2.05) is 0 Å². The minimum Gasteiger partial charge on any atom is -0.383 e. The van der Waals surface area contributed by atoms with Gasteiger partial charge in [0.05, 0.1) is 16.3 Å². The quantitative estimate of drug-likeness (QED) is 0.135. The molecule has 0 aliphatic carbocycles. The van der Waals surface area contributed by atoms with Crippen molar-refractivity contribution in [3.8, 4) is 11.3 Å². The summed E-state index contributed by atoms with van der Waals surface area (Å²) in [5.41, 5.74) is 7.01. The zero-order chi connectivity index (χ0) is 30.9. The number of rotatable bonds is 9. The third-order valence-corrected chi connectivity index (χ3v) is 7.86. The lowest BCUT2D eigenvalue weighted by Crippen LogP contribution is -2.38. The number of aryl methyl sites for hydroxylation is 1. The van der Waals surface area contributed by atoms with Crippen molar-refractivity contribution >= 4 is 34.8 Å². The Labute approximate surface area is 250 Å². The van der Waals surface area contributed by atoms with Crippen LogP contribution in [0.4, 0.5) is 29.3 Å². The van der Waals surface area contributed by atoms with E-state index in [0.717, 1.165) is 37.8 Å². The van der Waals surface area contributed by atoms with Crippen LogP contribution in [0.2, 0.25) is 5.02 Å². The summed E-state index contributed by atoms with van der Waals surface area (Å²) in [4.78, 5) is 27.5. The SMILES string of the molecule is CC(C)N1CCC(c2nc3cc(-c4ccc(F)cc4Cl)nc(NCCCc4ccc(C(=O)C(F)(F)F)c(N)n4)n3n2)CC1. The minimum absolute atomic E-state index is 0.198. The van der Waals surface area contributed by atoms with Crippen molar-refractivity contribution in [2.45, 2.75) is 57.7 Å². The summed E-state index contributed by atoms with van der Waals surface area (Å²) in [6.07, 6.45) is -2.27. The number of nitrogen functional groups attached to an aromatic ring is 1. The van der Waals surface area contributed by atoms with Gasteiger partial charge < -0.3 is 16.0 Å². The maximum absolute atomic E-state index is 13.7. The fourth-order valence-corrected chi connectivity index (χ4v) is 5.44. The highest BCUT2D eigenvalue weighted by molar-refractivity contribution is 6.33. The summed E-state index contributed by atoms with van der Waals surface area (Å²) in [6, 6.07) is 8.74. The average Bonchev–Trinajstić information content (AvgIpc) is 3.39. The third kappa shape index (κ3) is 6.88. The number of nitrogens with zero attached hydrogens (tertiary/aromatic N) is 6. The molecule has 4 heterocycles. The van der Waals surface area contributed by atoms with Gasteiger partial charge in [-0.1, -0.05) is 11.6 Å². The lowest BCUT2D eigenvalue weighted by molar-refractivity contribution is -0.0884. The standard InChI is InChI=1S/C29H31ClF4N8O/c1-16(2)41-12-9-17(10-13-41)27-39-24-15-23(20-7-5-18(31)14-22(20)30)38-28(42(24)40-27)36-11-3-4-19-6-8-21(26(35)37-19)25(43)29(32,33)34/h5-8,14-17H,3-4,9-13H2,1-2H3,(H2,35,37)(H,36,38). The molecular weight excluding hydrogens is 588 g/mol. The van der Waals surface area contributed by atoms with Crippen LogP contribution in [0, 0.1) is 5.82 Å². The molecule has 0 atom stereocenters. The van der Waals surface area contributed by atoms with Crippen molar-refractivity contribution in [2.75, 3.05) is 30.7 Å². The number of Topliss-reactive ketones (excluding diaryl/α,β-unsaturated/α-hetero) is 1. The van der Waals surface area contributed by atoms with E-state index in [0.29, 0.717) is 54.0 Å². The minimum atomic E-state index is -5.03. The molecule has 0 saturated carbocycles. The second kappa shape index (κ2) is 12.4. The van der Waals surface area contributed by atoms with Gasteiger partial charge in [0.2, 0.25) is 5.95 Å². The normalized spacial score (nSPS) is 15.0. The largest absolute Gasteiger partial charge is 0.455 e. The third-order valence-electron chi connectivity index (χ3n) is 7.55. The van der Waals surface area contributed by atoms with Crippen molar-refractivity contribution in [2.24, 2.45) is 0 Å². The molecule has 9 nitrogen and oxygen atoms in total. The smallest absolute Gasteiger partial charge is 0.383 e. The van der Waals surface area contributed by atoms with E-state index in [1.165, 1.54) is 18.2 Å². The maximum Gasteiger partial charge on any atom is 0.455 e. The summed E-state index contributed by atoms with van der Waals surface area (Å²) < 4.78 is 53.7. The molecule has 43 heavy (non-hydrogen) atoms. The Bertz CT molecular complexity index is 1630. The van der Waals surface area contributed by atoms with Gasteiger partial charge in [-0.05, 0) is 83.0 Å². The van der Waals surface area contributed by atoms with Gasteiger partial charge in [0.25, 0.3) is 5.78 Å². The van der Waals surface area contributed by atoms with E-state index in [4.69, 9.17) is 32.4 Å². The van der Waals surface area contributed by atoms with Crippen LogP contribution < -0.4 is 11.1 Å². The molecule has 1 aliphatic heterocycles. The second-order valence-electron chi connectivity index (χ2n) is 10.8. The van der Waals surface area contributed by atoms with Gasteiger partial charge in [-0.3, -0.25) is 4.79 Å². The number of aromatic nitrogens is 5. The van der Waals surface area contributed by atoms with Crippen LogP contribution >= 0.6 is 11.6 Å². The van der Waals surface area contributed by atoms with Gasteiger partial charge in [-0.25, -0.2) is 19.3 Å². The number of hydrogen-bond acceptors (Lipinski definition) is 8. The molecule has 1 saturated heterocycles. The Morgan fingerprint density at radius 3 is 2.51 bits per heavy atom. The van der Waals surface area contributed by atoms with Gasteiger partial charge in [-0.2, -0.15) is 17.7 Å². The fraction of sp³-hybridized carbons (Fsp3) is 0.414. The highest BCUT2D eigenvalue weighted by atomic mass is 35.5. The number of fused-ring (bicyclic) bond motifs is 1. The van der Waals surface area contributed by atoms with Gasteiger partial charge >= 0.3 is 6.18 Å². The van der Waals surface area contributed by atoms with Crippen LogP contribution in [0.5, 0.6) is 0 Å². The van der Waals surface area contributed by atoms with Gasteiger partial charge in [0, 0.05) is 35.8 Å². The number of piperidine rings is 1. The molecule has 228 valence electrons. The van der Waals surface area contributed by atoms with Crippen LogP contribution in [0.25, 0.3) is 16.9 Å². The number of benzene rings is 1. The summed E-state index contributed by atoms with van der Waals surface area (Å²) in [7, 11) is 0. The molecule has 0 radical (unpaired) electrons. The van der Waals surface area contributed by atoms with Crippen molar-refractivity contribution in [3.63, 3.8) is 0 Å². The topological polar surface area (TPSA) is 114 Å². The zero-order valence-corrected chi connectivity index (χ0v) is 24.4. The number of ketones is 1. The number of pyridine rings is 1. The molecule has 1 aliphatic rings. The molecular formula is C29H31ClF4N8O. The monoisotopic (exact) mass is 618 g/mol. The van der Waals surface area contributed by atoms with E-state index in [9.17, 15) is 22.4 Å². The van der Waals surface area contributed by atoms with E-state index in [1.54, 1.807) is 16.6 Å². The summed E-state index contributed by atoms with van der Waals surface area (Å²) >= 11 is 6.35. The molecule has 0 unspecified atom stereocenters. The predicted molar refractivity (Wildman–Crippen MR) is 156 cm³/mol. The molecule has 0 bridgehead atoms. The zero-order valence-electron chi connectivity index (χ0n) is 23.6. The molecule has 14 heteroatoms. The second-order valence-corrected chi connectivity index (χ2v) is 11.2. The molecule has 3 N–H and O–H groups in total. The molecule has 5 rings (SSSR count). The van der Waals surface area contributed by atoms with E-state index in [2.05, 4.69) is 29.0 Å². The van der Waals surface area contributed by atoms with Crippen LogP contribution in [0.3, 0.4) is 0 Å². The number of nitrogens with two attached hydrogens (primary N) is 1.